The largest absolute Gasteiger partial charge is 0.457 e. The van der Waals surface area contributed by atoms with Crippen molar-refractivity contribution in [3.63, 3.8) is 0 Å². The highest BCUT2D eigenvalue weighted by atomic mass is 32.2. The lowest BCUT2D eigenvalue weighted by atomic mass is 9.86. The molecule has 3 fully saturated rings. The van der Waals surface area contributed by atoms with Crippen LogP contribution in [0.15, 0.2) is 65.2 Å². The van der Waals surface area contributed by atoms with E-state index in [0.717, 1.165) is 61.7 Å². The molecule has 8 nitrogen and oxygen atoms in total. The van der Waals surface area contributed by atoms with Gasteiger partial charge in [0.25, 0.3) is 5.91 Å². The number of hydrogen-bond acceptors (Lipinski definition) is 6. The van der Waals surface area contributed by atoms with Crippen LogP contribution in [0.2, 0.25) is 0 Å². The van der Waals surface area contributed by atoms with Gasteiger partial charge in [0.2, 0.25) is 0 Å². The van der Waals surface area contributed by atoms with E-state index in [4.69, 9.17) is 4.74 Å². The molecule has 6 rings (SSSR count). The summed E-state index contributed by atoms with van der Waals surface area (Å²) >= 11 is 1.57. The van der Waals surface area contributed by atoms with Gasteiger partial charge >= 0.3 is 6.03 Å². The fourth-order valence-electron chi connectivity index (χ4n) is 5.89. The van der Waals surface area contributed by atoms with Crippen LogP contribution in [0, 0.1) is 5.92 Å². The summed E-state index contributed by atoms with van der Waals surface area (Å²) in [7, 11) is 2.09. The summed E-state index contributed by atoms with van der Waals surface area (Å²) in [5, 5.41) is 10.0. The highest BCUT2D eigenvalue weighted by Gasteiger charge is 2.51. The van der Waals surface area contributed by atoms with Crippen molar-refractivity contribution in [3.8, 4) is 11.5 Å². The van der Waals surface area contributed by atoms with Crippen LogP contribution in [0.1, 0.15) is 24.8 Å². The van der Waals surface area contributed by atoms with Crippen molar-refractivity contribution in [2.75, 3.05) is 26.7 Å². The van der Waals surface area contributed by atoms with Gasteiger partial charge in [-0.25, -0.2) is 4.79 Å². The second-order valence-corrected chi connectivity index (χ2v) is 11.5. The van der Waals surface area contributed by atoms with Gasteiger partial charge in [-0.3, -0.25) is 4.79 Å². The van der Waals surface area contributed by atoms with Crippen molar-refractivity contribution in [2.45, 2.75) is 43.3 Å². The molecule has 0 aromatic heterocycles. The van der Waals surface area contributed by atoms with Gasteiger partial charge in [-0.15, -0.1) is 0 Å². The molecule has 0 bridgehead atoms. The van der Waals surface area contributed by atoms with Crippen LogP contribution >= 0.6 is 11.8 Å². The Hall–Kier alpha value is -3.01. The minimum absolute atomic E-state index is 0.0499. The Kier molecular flexibility index (Phi) is 6.84. The number of para-hydroxylation sites is 1. The van der Waals surface area contributed by atoms with E-state index in [0.29, 0.717) is 11.4 Å². The zero-order valence-electron chi connectivity index (χ0n) is 21.0. The van der Waals surface area contributed by atoms with E-state index in [9.17, 15) is 9.59 Å². The monoisotopic (exact) mass is 519 g/mol. The van der Waals surface area contributed by atoms with Crippen LogP contribution in [0.4, 0.5) is 4.79 Å². The zero-order chi connectivity index (χ0) is 25.4. The average molecular weight is 520 g/mol. The molecule has 194 valence electrons. The number of carbonyl (C=O) groups is 2. The number of nitrogens with zero attached hydrogens (tertiary/aromatic N) is 2. The number of rotatable bonds is 6. The summed E-state index contributed by atoms with van der Waals surface area (Å²) in [4.78, 5) is 31.5. The van der Waals surface area contributed by atoms with E-state index in [-0.39, 0.29) is 35.3 Å². The van der Waals surface area contributed by atoms with E-state index in [1.165, 1.54) is 0 Å². The molecule has 0 saturated carbocycles. The van der Waals surface area contributed by atoms with Crippen LogP contribution in [0.3, 0.4) is 0 Å². The molecule has 9 heteroatoms. The molecule has 2 aromatic rings. The lowest BCUT2D eigenvalue weighted by molar-refractivity contribution is -0.117. The third-order valence-corrected chi connectivity index (χ3v) is 9.03. The third-order valence-electron chi connectivity index (χ3n) is 7.67. The molecule has 0 radical (unpaired) electrons. The first-order valence-corrected chi connectivity index (χ1v) is 14.0. The molecule has 3 amide bonds. The first-order chi connectivity index (χ1) is 18.0. The summed E-state index contributed by atoms with van der Waals surface area (Å²) < 4.78 is 5.91. The summed E-state index contributed by atoms with van der Waals surface area (Å²) in [6.07, 6.45) is 2.93. The predicted octanol–water partition coefficient (Wildman–Crippen LogP) is 3.48. The molecule has 0 aliphatic carbocycles. The van der Waals surface area contributed by atoms with Crippen LogP contribution < -0.4 is 20.7 Å². The second kappa shape index (κ2) is 10.4. The minimum atomic E-state index is -0.133. The Morgan fingerprint density at radius 2 is 1.89 bits per heavy atom. The molecule has 4 aliphatic rings. The Morgan fingerprint density at radius 3 is 2.68 bits per heavy atom. The first kappa shape index (κ1) is 24.3. The van der Waals surface area contributed by atoms with Crippen LogP contribution in [0.5, 0.6) is 11.5 Å². The van der Waals surface area contributed by atoms with Gasteiger partial charge in [0.1, 0.15) is 11.5 Å². The van der Waals surface area contributed by atoms with Crippen LogP contribution in [-0.4, -0.2) is 65.9 Å². The Morgan fingerprint density at radius 1 is 1.11 bits per heavy atom. The van der Waals surface area contributed by atoms with E-state index >= 15 is 0 Å². The average Bonchev–Trinajstić information content (AvgIpc) is 3.27. The van der Waals surface area contributed by atoms with Crippen LogP contribution in [-0.2, 0) is 11.3 Å². The van der Waals surface area contributed by atoms with E-state index in [1.807, 2.05) is 59.5 Å². The number of urea groups is 1. The maximum absolute atomic E-state index is 13.3. The molecule has 4 atom stereocenters. The summed E-state index contributed by atoms with van der Waals surface area (Å²) in [5.74, 6) is 1.57. The Balaban J connectivity index is 1.16. The number of thioether (sulfide) groups is 1. The van der Waals surface area contributed by atoms with Gasteiger partial charge in [-0.2, -0.15) is 0 Å². The number of likely N-dealkylation sites (tertiary alicyclic amines) is 1. The van der Waals surface area contributed by atoms with E-state index in [1.54, 1.807) is 11.8 Å². The quantitative estimate of drug-likeness (QED) is 0.542. The first-order valence-electron chi connectivity index (χ1n) is 13.1. The number of piperidine rings is 2. The van der Waals surface area contributed by atoms with Crippen molar-refractivity contribution >= 4 is 23.7 Å². The zero-order valence-corrected chi connectivity index (χ0v) is 21.8. The Labute approximate surface area is 221 Å². The molecule has 3 unspecified atom stereocenters. The van der Waals surface area contributed by atoms with Gasteiger partial charge in [-0.1, -0.05) is 42.1 Å². The standard InChI is InChI=1S/C28H33N5O3S/c1-32-15-5-6-19(17-32)30-26(34)25-24-23-22(13-14-29-27(23)37-25)33(28(35)31-24)16-18-9-11-21(12-10-18)36-20-7-3-2-4-8-20/h2-4,7-12,19,22-23,27,29H,5-6,13-17H2,1H3,(H,30,34)(H,31,35)/t19-,22?,23?,27?/m1/s1. The second-order valence-electron chi connectivity index (χ2n) is 10.3. The summed E-state index contributed by atoms with van der Waals surface area (Å²) in [5.41, 5.74) is 1.84. The minimum Gasteiger partial charge on any atom is -0.457 e. The maximum atomic E-state index is 13.3. The molecule has 4 aliphatic heterocycles. The summed E-state index contributed by atoms with van der Waals surface area (Å²) in [6.45, 7) is 3.27. The molecular formula is C28H33N5O3S. The highest BCUT2D eigenvalue weighted by molar-refractivity contribution is 8.04. The SMILES string of the molecule is CN1CCC[C@@H](NC(=O)C2=C3NC(=O)N(Cc4ccc(Oc5ccccc5)cc4)C4CCNC(S2)C34)C1. The number of carbonyl (C=O) groups excluding carboxylic acids is 2. The van der Waals surface area contributed by atoms with Gasteiger partial charge in [0, 0.05) is 36.8 Å². The molecule has 3 saturated heterocycles. The number of amides is 3. The van der Waals surface area contributed by atoms with Gasteiger partial charge in [-0.05, 0) is 69.2 Å². The van der Waals surface area contributed by atoms with Crippen LogP contribution in [0.25, 0.3) is 0 Å². The number of nitrogens with one attached hydrogen (secondary N) is 3. The molecule has 2 aromatic carbocycles. The van der Waals surface area contributed by atoms with Crippen molar-refractivity contribution < 1.29 is 14.3 Å². The lowest BCUT2D eigenvalue weighted by Gasteiger charge is -2.46. The van der Waals surface area contributed by atoms with Gasteiger partial charge in [0.15, 0.2) is 0 Å². The third kappa shape index (κ3) is 5.08. The molecule has 4 heterocycles. The van der Waals surface area contributed by atoms with Gasteiger partial charge < -0.3 is 30.5 Å². The number of hydrogen-bond donors (Lipinski definition) is 3. The molecule has 37 heavy (non-hydrogen) atoms. The summed E-state index contributed by atoms with van der Waals surface area (Å²) in [6, 6.07) is 17.7. The fourth-order valence-corrected chi connectivity index (χ4v) is 7.29. The predicted molar refractivity (Wildman–Crippen MR) is 144 cm³/mol. The fraction of sp³-hybridized carbons (Fsp3) is 0.429. The topological polar surface area (TPSA) is 85.9 Å². The van der Waals surface area contributed by atoms with E-state index in [2.05, 4.69) is 27.9 Å². The maximum Gasteiger partial charge on any atom is 0.322 e. The highest BCUT2D eigenvalue weighted by Crippen LogP contribution is 2.47. The van der Waals surface area contributed by atoms with Crippen molar-refractivity contribution in [2.24, 2.45) is 5.92 Å². The smallest absolute Gasteiger partial charge is 0.322 e. The van der Waals surface area contributed by atoms with Crippen molar-refractivity contribution in [1.82, 2.24) is 25.8 Å². The number of ether oxygens (including phenoxy) is 1. The molecule has 0 spiro atoms. The number of benzene rings is 2. The lowest BCUT2D eigenvalue weighted by Crippen LogP contribution is -2.61. The van der Waals surface area contributed by atoms with E-state index < -0.39 is 0 Å². The van der Waals surface area contributed by atoms with Crippen molar-refractivity contribution in [3.05, 3.63) is 70.8 Å². The number of likely N-dealkylation sites (N-methyl/N-ethyl adjacent to an activating group) is 1. The molecule has 3 N–H and O–H groups in total. The molecular weight excluding hydrogens is 486 g/mol. The Bertz CT molecular complexity index is 1190. The van der Waals surface area contributed by atoms with Crippen molar-refractivity contribution in [1.29, 1.82) is 0 Å². The normalized spacial score (nSPS) is 27.5. The van der Waals surface area contributed by atoms with Gasteiger partial charge in [0.05, 0.1) is 10.3 Å².